The molecule has 2 rings (SSSR count). The minimum Gasteiger partial charge on any atom is -0.376 e. The standard InChI is InChI=1S/C17H15BrN2O/c1-3-13-5-4-6-15(10-13)19-11-17(21)20-16-8-7-14(18)9-12(16)2/h1,4-10,19H,11H2,2H3,(H,20,21). The predicted octanol–water partition coefficient (Wildman–Crippen LogP) is 3.79. The van der Waals surface area contributed by atoms with Crippen molar-refractivity contribution < 1.29 is 4.79 Å². The van der Waals surface area contributed by atoms with Gasteiger partial charge in [-0.05, 0) is 48.9 Å². The summed E-state index contributed by atoms with van der Waals surface area (Å²) in [7, 11) is 0. The Hall–Kier alpha value is -2.25. The molecule has 0 aliphatic rings. The van der Waals surface area contributed by atoms with Gasteiger partial charge >= 0.3 is 0 Å². The van der Waals surface area contributed by atoms with Crippen molar-refractivity contribution in [2.45, 2.75) is 6.92 Å². The van der Waals surface area contributed by atoms with Crippen LogP contribution in [0.15, 0.2) is 46.9 Å². The molecule has 3 nitrogen and oxygen atoms in total. The molecule has 2 aromatic carbocycles. The summed E-state index contributed by atoms with van der Waals surface area (Å²) in [5, 5.41) is 5.93. The molecule has 21 heavy (non-hydrogen) atoms. The highest BCUT2D eigenvalue weighted by Crippen LogP contribution is 2.20. The average molecular weight is 343 g/mol. The van der Waals surface area contributed by atoms with Crippen molar-refractivity contribution in [3.8, 4) is 12.3 Å². The summed E-state index contributed by atoms with van der Waals surface area (Å²) >= 11 is 3.40. The normalized spacial score (nSPS) is 9.76. The smallest absolute Gasteiger partial charge is 0.243 e. The van der Waals surface area contributed by atoms with Gasteiger partial charge in [0, 0.05) is 21.4 Å². The van der Waals surface area contributed by atoms with Crippen LogP contribution in [-0.2, 0) is 4.79 Å². The largest absolute Gasteiger partial charge is 0.376 e. The van der Waals surface area contributed by atoms with Gasteiger partial charge in [0.25, 0.3) is 0 Å². The molecule has 4 heteroatoms. The van der Waals surface area contributed by atoms with E-state index in [4.69, 9.17) is 6.42 Å². The van der Waals surface area contributed by atoms with E-state index < -0.39 is 0 Å². The van der Waals surface area contributed by atoms with Gasteiger partial charge in [-0.2, -0.15) is 0 Å². The summed E-state index contributed by atoms with van der Waals surface area (Å²) in [6.07, 6.45) is 5.34. The van der Waals surface area contributed by atoms with Gasteiger partial charge in [-0.1, -0.05) is 27.9 Å². The maximum absolute atomic E-state index is 12.0. The molecule has 0 aromatic heterocycles. The summed E-state index contributed by atoms with van der Waals surface area (Å²) in [6.45, 7) is 2.13. The van der Waals surface area contributed by atoms with Gasteiger partial charge in [0.2, 0.25) is 5.91 Å². The average Bonchev–Trinajstić information content (AvgIpc) is 2.48. The highest BCUT2D eigenvalue weighted by atomic mass is 79.9. The monoisotopic (exact) mass is 342 g/mol. The van der Waals surface area contributed by atoms with Gasteiger partial charge in [-0.15, -0.1) is 6.42 Å². The number of carbonyl (C=O) groups excluding carboxylic acids is 1. The Morgan fingerprint density at radius 1 is 1.29 bits per heavy atom. The fraction of sp³-hybridized carbons (Fsp3) is 0.118. The van der Waals surface area contributed by atoms with E-state index in [0.29, 0.717) is 0 Å². The van der Waals surface area contributed by atoms with E-state index in [1.54, 1.807) is 0 Å². The van der Waals surface area contributed by atoms with Crippen LogP contribution < -0.4 is 10.6 Å². The Morgan fingerprint density at radius 3 is 2.81 bits per heavy atom. The third-order valence-corrected chi connectivity index (χ3v) is 3.44. The number of hydrogen-bond acceptors (Lipinski definition) is 2. The molecule has 0 saturated carbocycles. The van der Waals surface area contributed by atoms with Crippen LogP contribution in [0.4, 0.5) is 11.4 Å². The van der Waals surface area contributed by atoms with E-state index in [-0.39, 0.29) is 12.5 Å². The minimum absolute atomic E-state index is 0.105. The number of nitrogens with one attached hydrogen (secondary N) is 2. The number of amides is 1. The van der Waals surface area contributed by atoms with Crippen LogP contribution in [0, 0.1) is 19.3 Å². The van der Waals surface area contributed by atoms with E-state index in [1.165, 1.54) is 0 Å². The quantitative estimate of drug-likeness (QED) is 0.830. The highest BCUT2D eigenvalue weighted by molar-refractivity contribution is 9.10. The Morgan fingerprint density at radius 2 is 2.10 bits per heavy atom. The number of hydrogen-bond donors (Lipinski definition) is 2. The van der Waals surface area contributed by atoms with Gasteiger partial charge in [0.05, 0.1) is 6.54 Å². The van der Waals surface area contributed by atoms with Crippen molar-refractivity contribution in [2.24, 2.45) is 0 Å². The molecule has 2 N–H and O–H groups in total. The second-order valence-electron chi connectivity index (χ2n) is 4.59. The molecule has 0 aliphatic heterocycles. The summed E-state index contributed by atoms with van der Waals surface area (Å²) in [6, 6.07) is 13.1. The van der Waals surface area contributed by atoms with Crippen LogP contribution in [0.1, 0.15) is 11.1 Å². The molecule has 0 bridgehead atoms. The molecule has 0 heterocycles. The first-order chi connectivity index (χ1) is 10.1. The number of carbonyl (C=O) groups is 1. The SMILES string of the molecule is C#Cc1cccc(NCC(=O)Nc2ccc(Br)cc2C)c1. The highest BCUT2D eigenvalue weighted by Gasteiger charge is 2.05. The number of aryl methyl sites for hydroxylation is 1. The fourth-order valence-corrected chi connectivity index (χ4v) is 2.34. The lowest BCUT2D eigenvalue weighted by molar-refractivity contribution is -0.114. The molecule has 0 spiro atoms. The molecule has 0 unspecified atom stereocenters. The lowest BCUT2D eigenvalue weighted by atomic mass is 10.2. The summed E-state index contributed by atoms with van der Waals surface area (Å²) in [5.74, 6) is 2.46. The molecule has 0 fully saturated rings. The zero-order valence-electron chi connectivity index (χ0n) is 11.6. The molecule has 1 amide bonds. The number of anilines is 2. The molecule has 2 aromatic rings. The Bertz CT molecular complexity index is 704. The van der Waals surface area contributed by atoms with E-state index in [2.05, 4.69) is 32.5 Å². The summed E-state index contributed by atoms with van der Waals surface area (Å²) in [5.41, 5.74) is 3.42. The Labute approximate surface area is 132 Å². The fourth-order valence-electron chi connectivity index (χ4n) is 1.86. The lowest BCUT2D eigenvalue weighted by Gasteiger charge is -2.10. The minimum atomic E-state index is -0.105. The van der Waals surface area contributed by atoms with Crippen molar-refractivity contribution in [3.05, 3.63) is 58.1 Å². The first kappa shape index (κ1) is 15.1. The van der Waals surface area contributed by atoms with Crippen LogP contribution in [-0.4, -0.2) is 12.5 Å². The predicted molar refractivity (Wildman–Crippen MR) is 90.4 cm³/mol. The molecular weight excluding hydrogens is 328 g/mol. The van der Waals surface area contributed by atoms with Gasteiger partial charge in [0.15, 0.2) is 0 Å². The number of benzene rings is 2. The Balaban J connectivity index is 1.94. The third-order valence-electron chi connectivity index (χ3n) is 2.94. The molecule has 106 valence electrons. The number of terminal acetylenes is 1. The van der Waals surface area contributed by atoms with Crippen LogP contribution >= 0.6 is 15.9 Å². The van der Waals surface area contributed by atoms with Crippen molar-refractivity contribution in [2.75, 3.05) is 17.2 Å². The molecular formula is C17H15BrN2O. The van der Waals surface area contributed by atoms with Crippen molar-refractivity contribution in [3.63, 3.8) is 0 Å². The maximum atomic E-state index is 12.0. The molecule has 0 saturated heterocycles. The van der Waals surface area contributed by atoms with E-state index in [9.17, 15) is 4.79 Å². The van der Waals surface area contributed by atoms with E-state index in [1.807, 2.05) is 49.4 Å². The zero-order chi connectivity index (χ0) is 15.2. The lowest BCUT2D eigenvalue weighted by Crippen LogP contribution is -2.22. The van der Waals surface area contributed by atoms with E-state index in [0.717, 1.165) is 27.0 Å². The van der Waals surface area contributed by atoms with Crippen molar-refractivity contribution in [1.29, 1.82) is 0 Å². The van der Waals surface area contributed by atoms with Crippen LogP contribution in [0.3, 0.4) is 0 Å². The van der Waals surface area contributed by atoms with Gasteiger partial charge in [-0.3, -0.25) is 4.79 Å². The summed E-state index contributed by atoms with van der Waals surface area (Å²) in [4.78, 5) is 12.0. The molecule has 0 aliphatic carbocycles. The molecule has 0 radical (unpaired) electrons. The summed E-state index contributed by atoms with van der Waals surface area (Å²) < 4.78 is 0.988. The first-order valence-corrected chi connectivity index (χ1v) is 7.24. The second-order valence-corrected chi connectivity index (χ2v) is 5.50. The van der Waals surface area contributed by atoms with Gasteiger partial charge in [0.1, 0.15) is 0 Å². The van der Waals surface area contributed by atoms with Gasteiger partial charge < -0.3 is 10.6 Å². The van der Waals surface area contributed by atoms with Crippen LogP contribution in [0.2, 0.25) is 0 Å². The molecule has 0 atom stereocenters. The third kappa shape index (κ3) is 4.37. The maximum Gasteiger partial charge on any atom is 0.243 e. The topological polar surface area (TPSA) is 41.1 Å². The van der Waals surface area contributed by atoms with Crippen molar-refractivity contribution >= 4 is 33.2 Å². The zero-order valence-corrected chi connectivity index (χ0v) is 13.2. The Kier molecular flexibility index (Phi) is 5.02. The first-order valence-electron chi connectivity index (χ1n) is 6.45. The van der Waals surface area contributed by atoms with Crippen LogP contribution in [0.25, 0.3) is 0 Å². The second kappa shape index (κ2) is 6.96. The number of rotatable bonds is 4. The van der Waals surface area contributed by atoms with E-state index >= 15 is 0 Å². The van der Waals surface area contributed by atoms with Gasteiger partial charge in [-0.25, -0.2) is 0 Å². The van der Waals surface area contributed by atoms with Crippen LogP contribution in [0.5, 0.6) is 0 Å². The van der Waals surface area contributed by atoms with Crippen molar-refractivity contribution in [1.82, 2.24) is 0 Å². The number of halogens is 1.